The third kappa shape index (κ3) is 4.40. The summed E-state index contributed by atoms with van der Waals surface area (Å²) in [6, 6.07) is 23.9. The van der Waals surface area contributed by atoms with E-state index in [9.17, 15) is 8.42 Å². The van der Waals surface area contributed by atoms with Gasteiger partial charge in [-0.1, -0.05) is 66.2 Å². The molecule has 4 aromatic rings. The zero-order valence-corrected chi connectivity index (χ0v) is 16.9. The van der Waals surface area contributed by atoms with Crippen LogP contribution < -0.4 is 5.14 Å². The summed E-state index contributed by atoms with van der Waals surface area (Å²) in [6.07, 6.45) is 0.649. The molecular formula is C22H18ClN3O2S. The van der Waals surface area contributed by atoms with Crippen molar-refractivity contribution in [3.63, 3.8) is 0 Å². The van der Waals surface area contributed by atoms with Gasteiger partial charge >= 0.3 is 0 Å². The highest BCUT2D eigenvalue weighted by Crippen LogP contribution is 2.32. The van der Waals surface area contributed by atoms with E-state index in [1.165, 1.54) is 12.1 Å². The van der Waals surface area contributed by atoms with Crippen molar-refractivity contribution in [3.8, 4) is 22.5 Å². The van der Waals surface area contributed by atoms with Crippen molar-refractivity contribution in [2.24, 2.45) is 5.14 Å². The predicted molar refractivity (Wildman–Crippen MR) is 115 cm³/mol. The van der Waals surface area contributed by atoms with E-state index in [1.807, 2.05) is 54.6 Å². The van der Waals surface area contributed by atoms with Gasteiger partial charge in [-0.25, -0.2) is 18.5 Å². The summed E-state index contributed by atoms with van der Waals surface area (Å²) in [5.41, 5.74) is 4.44. The molecule has 0 amide bonds. The highest BCUT2D eigenvalue weighted by molar-refractivity contribution is 7.89. The fourth-order valence-corrected chi connectivity index (χ4v) is 3.77. The van der Waals surface area contributed by atoms with Crippen LogP contribution in [0.4, 0.5) is 0 Å². The minimum Gasteiger partial charge on any atom is -0.341 e. The zero-order chi connectivity index (χ0) is 20.4. The Bertz CT molecular complexity index is 1230. The molecule has 0 fully saturated rings. The van der Waals surface area contributed by atoms with E-state index in [0.29, 0.717) is 11.4 Å². The van der Waals surface area contributed by atoms with Crippen LogP contribution >= 0.6 is 11.6 Å². The maximum absolute atomic E-state index is 11.6. The van der Waals surface area contributed by atoms with Gasteiger partial charge in [-0.3, -0.25) is 0 Å². The zero-order valence-electron chi connectivity index (χ0n) is 15.3. The number of nitrogens with two attached hydrogens (primary N) is 1. The number of hydrogen-bond acceptors (Lipinski definition) is 3. The SMILES string of the molecule is NS(=O)(=O)c1ccc(-c2[nH]c(Cc3ccccc3)nc2-c2ccc(Cl)cc2)cc1. The average Bonchev–Trinajstić information content (AvgIpc) is 3.12. The Kier molecular flexibility index (Phi) is 5.24. The molecule has 1 aromatic heterocycles. The smallest absolute Gasteiger partial charge is 0.238 e. The Morgan fingerprint density at radius 3 is 2.10 bits per heavy atom. The molecule has 0 aliphatic carbocycles. The number of hydrogen-bond donors (Lipinski definition) is 2. The first-order valence-corrected chi connectivity index (χ1v) is 10.8. The van der Waals surface area contributed by atoms with Crippen LogP contribution in [-0.4, -0.2) is 18.4 Å². The molecule has 0 aliphatic heterocycles. The molecule has 29 heavy (non-hydrogen) atoms. The van der Waals surface area contributed by atoms with Crippen molar-refractivity contribution in [2.75, 3.05) is 0 Å². The van der Waals surface area contributed by atoms with Gasteiger partial charge in [-0.05, 0) is 29.8 Å². The summed E-state index contributed by atoms with van der Waals surface area (Å²) in [5, 5.41) is 5.86. The number of imidazole rings is 1. The third-order valence-corrected chi connectivity index (χ3v) is 5.74. The third-order valence-electron chi connectivity index (χ3n) is 4.56. The number of halogens is 1. The highest BCUT2D eigenvalue weighted by atomic mass is 35.5. The summed E-state index contributed by atoms with van der Waals surface area (Å²) in [7, 11) is -3.74. The van der Waals surface area contributed by atoms with Gasteiger partial charge in [0.15, 0.2) is 0 Å². The van der Waals surface area contributed by atoms with Crippen molar-refractivity contribution in [1.29, 1.82) is 0 Å². The van der Waals surface area contributed by atoms with E-state index in [0.717, 1.165) is 33.9 Å². The summed E-state index contributed by atoms with van der Waals surface area (Å²) < 4.78 is 23.1. The number of nitrogens with zero attached hydrogens (tertiary/aromatic N) is 1. The van der Waals surface area contributed by atoms with Crippen LogP contribution in [0.2, 0.25) is 5.02 Å². The van der Waals surface area contributed by atoms with Gasteiger partial charge in [0, 0.05) is 22.6 Å². The summed E-state index contributed by atoms with van der Waals surface area (Å²) >= 11 is 6.03. The number of benzene rings is 3. The number of H-pyrrole nitrogens is 1. The van der Waals surface area contributed by atoms with Gasteiger partial charge in [0.1, 0.15) is 5.82 Å². The number of aromatic amines is 1. The number of primary sulfonamides is 1. The molecule has 0 saturated heterocycles. The topological polar surface area (TPSA) is 88.8 Å². The number of nitrogens with one attached hydrogen (secondary N) is 1. The largest absolute Gasteiger partial charge is 0.341 e. The first-order chi connectivity index (χ1) is 13.9. The highest BCUT2D eigenvalue weighted by Gasteiger charge is 2.16. The molecule has 0 spiro atoms. The first kappa shape index (κ1) is 19.4. The Morgan fingerprint density at radius 2 is 1.48 bits per heavy atom. The van der Waals surface area contributed by atoms with Crippen LogP contribution in [0.3, 0.4) is 0 Å². The van der Waals surface area contributed by atoms with Crippen LogP contribution in [-0.2, 0) is 16.4 Å². The lowest BCUT2D eigenvalue weighted by Crippen LogP contribution is -2.11. The first-order valence-electron chi connectivity index (χ1n) is 8.92. The van der Waals surface area contributed by atoms with E-state index in [2.05, 4.69) is 4.98 Å². The second-order valence-corrected chi connectivity index (χ2v) is 8.64. The summed E-state index contributed by atoms with van der Waals surface area (Å²) in [4.78, 5) is 8.27. The van der Waals surface area contributed by atoms with Crippen molar-refractivity contribution in [3.05, 3.63) is 95.3 Å². The number of rotatable bonds is 5. The van der Waals surface area contributed by atoms with Crippen LogP contribution in [0.15, 0.2) is 83.8 Å². The summed E-state index contributed by atoms with van der Waals surface area (Å²) in [5.74, 6) is 0.812. The van der Waals surface area contributed by atoms with Gasteiger partial charge in [0.05, 0.1) is 16.3 Å². The maximum atomic E-state index is 11.6. The molecule has 0 aliphatic rings. The minimum atomic E-state index is -3.74. The summed E-state index contributed by atoms with van der Waals surface area (Å²) in [6.45, 7) is 0. The lowest BCUT2D eigenvalue weighted by molar-refractivity contribution is 0.598. The molecule has 146 valence electrons. The van der Waals surface area contributed by atoms with E-state index < -0.39 is 10.0 Å². The predicted octanol–water partition coefficient (Wildman–Crippen LogP) is 4.64. The van der Waals surface area contributed by atoms with Gasteiger partial charge in [-0.15, -0.1) is 0 Å². The normalized spacial score (nSPS) is 11.5. The molecule has 0 bridgehead atoms. The lowest BCUT2D eigenvalue weighted by atomic mass is 10.1. The molecule has 5 nitrogen and oxygen atoms in total. The quantitative estimate of drug-likeness (QED) is 0.490. The Hall–Kier alpha value is -2.93. The van der Waals surface area contributed by atoms with Gasteiger partial charge in [0.2, 0.25) is 10.0 Å². The van der Waals surface area contributed by atoms with Crippen molar-refractivity contribution < 1.29 is 8.42 Å². The second-order valence-electron chi connectivity index (χ2n) is 6.65. The van der Waals surface area contributed by atoms with E-state index in [-0.39, 0.29) is 4.90 Å². The van der Waals surface area contributed by atoms with Crippen molar-refractivity contribution in [2.45, 2.75) is 11.3 Å². The number of sulfonamides is 1. The van der Waals surface area contributed by atoms with Gasteiger partial charge in [-0.2, -0.15) is 0 Å². The fourth-order valence-electron chi connectivity index (χ4n) is 3.13. The second kappa shape index (κ2) is 7.83. The van der Waals surface area contributed by atoms with Gasteiger partial charge in [0.25, 0.3) is 0 Å². The Balaban J connectivity index is 1.79. The van der Waals surface area contributed by atoms with Crippen LogP contribution in [0.5, 0.6) is 0 Å². The molecule has 1 heterocycles. The van der Waals surface area contributed by atoms with E-state index in [1.54, 1.807) is 12.1 Å². The Labute approximate surface area is 174 Å². The Morgan fingerprint density at radius 1 is 0.862 bits per heavy atom. The van der Waals surface area contributed by atoms with Crippen LogP contribution in [0.1, 0.15) is 11.4 Å². The molecule has 4 rings (SSSR count). The van der Waals surface area contributed by atoms with Gasteiger partial charge < -0.3 is 4.98 Å². The average molecular weight is 424 g/mol. The molecule has 0 unspecified atom stereocenters. The minimum absolute atomic E-state index is 0.0679. The molecule has 0 saturated carbocycles. The molecular weight excluding hydrogens is 406 g/mol. The molecule has 7 heteroatoms. The maximum Gasteiger partial charge on any atom is 0.238 e. The molecule has 3 aromatic carbocycles. The van der Waals surface area contributed by atoms with Crippen LogP contribution in [0.25, 0.3) is 22.5 Å². The molecule has 3 N–H and O–H groups in total. The molecule has 0 atom stereocenters. The van der Waals surface area contributed by atoms with Crippen molar-refractivity contribution >= 4 is 21.6 Å². The monoisotopic (exact) mass is 423 g/mol. The van der Waals surface area contributed by atoms with E-state index in [4.69, 9.17) is 21.7 Å². The van der Waals surface area contributed by atoms with E-state index >= 15 is 0 Å². The molecule has 0 radical (unpaired) electrons. The number of aromatic nitrogens is 2. The fraction of sp³-hybridized carbons (Fsp3) is 0.0455. The van der Waals surface area contributed by atoms with Crippen molar-refractivity contribution in [1.82, 2.24) is 9.97 Å². The van der Waals surface area contributed by atoms with Crippen LogP contribution in [0, 0.1) is 0 Å². The lowest BCUT2D eigenvalue weighted by Gasteiger charge is -2.05. The standard InChI is InChI=1S/C22H18ClN3O2S/c23-18-10-6-16(7-11-18)21-22(17-8-12-19(13-9-17)29(24,27)28)26-20(25-21)14-15-4-2-1-3-5-15/h1-13H,14H2,(H,25,26)(H2,24,27,28).